The number of nitrogens with zero attached hydrogens (tertiary/aromatic N) is 1. The molecule has 0 unspecified atom stereocenters. The highest BCUT2D eigenvalue weighted by Gasteiger charge is 2.14. The van der Waals surface area contributed by atoms with Crippen molar-refractivity contribution in [3.63, 3.8) is 0 Å². The fraction of sp³-hybridized carbons (Fsp3) is 0.462. The number of likely N-dealkylation sites (N-methyl/N-ethyl adjacent to an activating group) is 1. The van der Waals surface area contributed by atoms with Gasteiger partial charge in [0.15, 0.2) is 18.2 Å². The van der Waals surface area contributed by atoms with Crippen LogP contribution in [0.3, 0.4) is 0 Å². The number of carbonyl (C=O) groups excluding carboxylic acids is 1. The Morgan fingerprint density at radius 1 is 1.50 bits per heavy atom. The molecule has 0 saturated heterocycles. The maximum Gasteiger partial charge on any atom is 0.260 e. The summed E-state index contributed by atoms with van der Waals surface area (Å²) in [7, 11) is 1.68. The van der Waals surface area contributed by atoms with Crippen LogP contribution in [0.4, 0.5) is 10.1 Å². The molecule has 1 amide bonds. The molecule has 0 aromatic heterocycles. The van der Waals surface area contributed by atoms with Gasteiger partial charge in [-0.3, -0.25) is 4.79 Å². The van der Waals surface area contributed by atoms with Crippen LogP contribution in [0.5, 0.6) is 5.75 Å². The minimum Gasteiger partial charge on any atom is -0.481 e. The molecule has 18 heavy (non-hydrogen) atoms. The zero-order valence-corrected chi connectivity index (χ0v) is 11.2. The third-order valence-electron chi connectivity index (χ3n) is 2.84. The number of rotatable bonds is 4. The van der Waals surface area contributed by atoms with Crippen LogP contribution >= 0.6 is 0 Å². The van der Waals surface area contributed by atoms with E-state index in [2.05, 4.69) is 0 Å². The summed E-state index contributed by atoms with van der Waals surface area (Å²) in [5.41, 5.74) is 6.65. The number of aryl methyl sites for hydroxylation is 1. The molecule has 0 heterocycles. The fourth-order valence-corrected chi connectivity index (χ4v) is 1.31. The third-order valence-corrected chi connectivity index (χ3v) is 2.84. The lowest BCUT2D eigenvalue weighted by atomic mass is 10.2. The Balaban J connectivity index is 2.70. The number of nitrogens with two attached hydrogens (primary N) is 1. The average Bonchev–Trinajstić information content (AvgIpc) is 2.30. The van der Waals surface area contributed by atoms with Crippen molar-refractivity contribution in [2.75, 3.05) is 19.4 Å². The van der Waals surface area contributed by atoms with Crippen LogP contribution in [0.2, 0.25) is 0 Å². The molecule has 1 rings (SSSR count). The van der Waals surface area contributed by atoms with Gasteiger partial charge in [0.05, 0.1) is 0 Å². The highest BCUT2D eigenvalue weighted by molar-refractivity contribution is 5.77. The minimum atomic E-state index is -0.557. The maximum absolute atomic E-state index is 13.5. The maximum atomic E-state index is 13.5. The molecule has 0 saturated carbocycles. The van der Waals surface area contributed by atoms with E-state index in [0.29, 0.717) is 5.69 Å². The van der Waals surface area contributed by atoms with Crippen molar-refractivity contribution in [1.29, 1.82) is 0 Å². The lowest BCUT2D eigenvalue weighted by Crippen LogP contribution is -2.36. The second kappa shape index (κ2) is 5.71. The number of carbonyl (C=O) groups is 1. The van der Waals surface area contributed by atoms with Crippen LogP contribution in [0.25, 0.3) is 0 Å². The van der Waals surface area contributed by atoms with Crippen LogP contribution in [0.1, 0.15) is 19.4 Å². The lowest BCUT2D eigenvalue weighted by molar-refractivity contribution is -0.133. The van der Waals surface area contributed by atoms with E-state index in [4.69, 9.17) is 10.5 Å². The van der Waals surface area contributed by atoms with E-state index in [-0.39, 0.29) is 24.3 Å². The van der Waals surface area contributed by atoms with Gasteiger partial charge in [-0.25, -0.2) is 4.39 Å². The van der Waals surface area contributed by atoms with E-state index in [9.17, 15) is 9.18 Å². The molecule has 4 nitrogen and oxygen atoms in total. The zero-order chi connectivity index (χ0) is 13.9. The third kappa shape index (κ3) is 3.35. The minimum absolute atomic E-state index is 0.0483. The highest BCUT2D eigenvalue weighted by Crippen LogP contribution is 2.23. The molecule has 0 spiro atoms. The Bertz CT molecular complexity index is 447. The Kier molecular flexibility index (Phi) is 4.53. The van der Waals surface area contributed by atoms with Gasteiger partial charge >= 0.3 is 0 Å². The molecule has 0 bridgehead atoms. The topological polar surface area (TPSA) is 55.6 Å². The summed E-state index contributed by atoms with van der Waals surface area (Å²) in [4.78, 5) is 13.2. The molecule has 0 aliphatic rings. The van der Waals surface area contributed by atoms with E-state index in [1.54, 1.807) is 18.9 Å². The standard InChI is InChI=1S/C13H19FN2O2/c1-8(2)16(4)13(17)7-18-12-5-9(3)11(15)6-10(12)14/h5-6,8H,7,15H2,1-4H3. The predicted molar refractivity (Wildman–Crippen MR) is 69.0 cm³/mol. The predicted octanol–water partition coefficient (Wildman–Crippen LogP) is 1.96. The molecule has 1 aromatic carbocycles. The first kappa shape index (κ1) is 14.3. The normalized spacial score (nSPS) is 10.6. The van der Waals surface area contributed by atoms with Gasteiger partial charge in [0.2, 0.25) is 0 Å². The first-order valence-electron chi connectivity index (χ1n) is 5.77. The van der Waals surface area contributed by atoms with E-state index in [1.807, 2.05) is 13.8 Å². The summed E-state index contributed by atoms with van der Waals surface area (Å²) in [5, 5.41) is 0. The number of anilines is 1. The van der Waals surface area contributed by atoms with Crippen LogP contribution in [-0.2, 0) is 4.79 Å². The quantitative estimate of drug-likeness (QED) is 0.836. The Morgan fingerprint density at radius 2 is 2.11 bits per heavy atom. The van der Waals surface area contributed by atoms with Crippen molar-refractivity contribution in [3.05, 3.63) is 23.5 Å². The van der Waals surface area contributed by atoms with Crippen LogP contribution in [0.15, 0.2) is 12.1 Å². The lowest BCUT2D eigenvalue weighted by Gasteiger charge is -2.21. The summed E-state index contributed by atoms with van der Waals surface area (Å²) >= 11 is 0. The number of benzene rings is 1. The molecule has 1 aromatic rings. The molecule has 100 valence electrons. The summed E-state index contributed by atoms with van der Waals surface area (Å²) in [5.74, 6) is -0.704. The molecule has 2 N–H and O–H groups in total. The SMILES string of the molecule is Cc1cc(OCC(=O)N(C)C(C)C)c(F)cc1N. The number of amides is 1. The molecule has 0 fully saturated rings. The van der Waals surface area contributed by atoms with Crippen molar-refractivity contribution in [2.24, 2.45) is 0 Å². The summed E-state index contributed by atoms with van der Waals surface area (Å²) in [6, 6.07) is 2.77. The number of ether oxygens (including phenoxy) is 1. The molecular formula is C13H19FN2O2. The molecule has 0 aliphatic carbocycles. The van der Waals surface area contributed by atoms with Crippen molar-refractivity contribution in [1.82, 2.24) is 4.90 Å². The van der Waals surface area contributed by atoms with Crippen molar-refractivity contribution >= 4 is 11.6 Å². The number of halogens is 1. The number of hydrogen-bond donors (Lipinski definition) is 1. The zero-order valence-electron chi connectivity index (χ0n) is 11.2. The smallest absolute Gasteiger partial charge is 0.260 e. The first-order valence-corrected chi connectivity index (χ1v) is 5.77. The van der Waals surface area contributed by atoms with Gasteiger partial charge in [0.25, 0.3) is 5.91 Å². The van der Waals surface area contributed by atoms with E-state index < -0.39 is 5.82 Å². The van der Waals surface area contributed by atoms with Crippen molar-refractivity contribution < 1.29 is 13.9 Å². The molecule has 0 radical (unpaired) electrons. The van der Waals surface area contributed by atoms with Gasteiger partial charge in [-0.2, -0.15) is 0 Å². The molecular weight excluding hydrogens is 235 g/mol. The van der Waals surface area contributed by atoms with Gasteiger partial charge in [0, 0.05) is 24.8 Å². The fourth-order valence-electron chi connectivity index (χ4n) is 1.31. The summed E-state index contributed by atoms with van der Waals surface area (Å²) < 4.78 is 18.7. The second-order valence-electron chi connectivity index (χ2n) is 4.53. The second-order valence-corrected chi connectivity index (χ2v) is 4.53. The van der Waals surface area contributed by atoms with Gasteiger partial charge in [-0.05, 0) is 32.4 Å². The average molecular weight is 254 g/mol. The van der Waals surface area contributed by atoms with Gasteiger partial charge in [-0.15, -0.1) is 0 Å². The largest absolute Gasteiger partial charge is 0.481 e. The van der Waals surface area contributed by atoms with Crippen LogP contribution in [-0.4, -0.2) is 30.5 Å². The first-order chi connectivity index (χ1) is 8.32. The van der Waals surface area contributed by atoms with Crippen LogP contribution < -0.4 is 10.5 Å². The van der Waals surface area contributed by atoms with Crippen molar-refractivity contribution in [2.45, 2.75) is 26.8 Å². The van der Waals surface area contributed by atoms with Gasteiger partial charge in [0.1, 0.15) is 0 Å². The monoisotopic (exact) mass is 254 g/mol. The Hall–Kier alpha value is -1.78. The van der Waals surface area contributed by atoms with Crippen molar-refractivity contribution in [3.8, 4) is 5.75 Å². The van der Waals surface area contributed by atoms with Crippen LogP contribution in [0, 0.1) is 12.7 Å². The molecule has 0 atom stereocenters. The highest BCUT2D eigenvalue weighted by atomic mass is 19.1. The Morgan fingerprint density at radius 3 is 2.67 bits per heavy atom. The van der Waals surface area contributed by atoms with E-state index >= 15 is 0 Å². The molecule has 0 aliphatic heterocycles. The summed E-state index contributed by atoms with van der Waals surface area (Å²) in [6.07, 6.45) is 0. The molecule has 5 heteroatoms. The van der Waals surface area contributed by atoms with Gasteiger partial charge < -0.3 is 15.4 Å². The summed E-state index contributed by atoms with van der Waals surface area (Å²) in [6.45, 7) is 5.36. The number of nitrogen functional groups attached to an aromatic ring is 1. The Labute approximate surface area is 107 Å². The van der Waals surface area contributed by atoms with E-state index in [1.165, 1.54) is 12.1 Å². The van der Waals surface area contributed by atoms with E-state index in [0.717, 1.165) is 5.56 Å². The van der Waals surface area contributed by atoms with Gasteiger partial charge in [-0.1, -0.05) is 0 Å². The number of hydrogen-bond acceptors (Lipinski definition) is 3.